The highest BCUT2D eigenvalue weighted by Crippen LogP contribution is 2.61. The summed E-state index contributed by atoms with van der Waals surface area (Å²) >= 11 is 5.90. The lowest BCUT2D eigenvalue weighted by atomic mass is 9.48. The number of halogens is 1. The molecule has 4 heteroatoms. The van der Waals surface area contributed by atoms with Gasteiger partial charge in [-0.3, -0.25) is 0 Å². The average molecular weight is 361 g/mol. The lowest BCUT2D eigenvalue weighted by Crippen LogP contribution is -2.57. The van der Waals surface area contributed by atoms with Crippen molar-refractivity contribution in [2.45, 2.75) is 57.9 Å². The zero-order valence-corrected chi connectivity index (χ0v) is 15.8. The third-order valence-electron chi connectivity index (χ3n) is 6.96. The first-order valence-electron chi connectivity index (χ1n) is 9.81. The molecule has 1 atom stereocenters. The summed E-state index contributed by atoms with van der Waals surface area (Å²) in [6.45, 7) is 2.88. The number of urea groups is 1. The molecule has 3 nitrogen and oxygen atoms in total. The molecule has 0 spiro atoms. The fourth-order valence-electron chi connectivity index (χ4n) is 6.08. The van der Waals surface area contributed by atoms with Crippen molar-refractivity contribution in [3.63, 3.8) is 0 Å². The van der Waals surface area contributed by atoms with Crippen molar-refractivity contribution in [2.75, 3.05) is 6.54 Å². The number of nitrogens with one attached hydrogen (secondary N) is 2. The molecule has 4 aliphatic carbocycles. The van der Waals surface area contributed by atoms with Crippen LogP contribution >= 0.6 is 11.6 Å². The quantitative estimate of drug-likeness (QED) is 0.779. The van der Waals surface area contributed by atoms with Crippen LogP contribution in [-0.2, 0) is 6.42 Å². The molecule has 4 bridgehead atoms. The number of carbonyl (C=O) groups is 1. The van der Waals surface area contributed by atoms with Gasteiger partial charge in [-0.15, -0.1) is 0 Å². The van der Waals surface area contributed by atoms with Gasteiger partial charge in [0.05, 0.1) is 0 Å². The molecule has 2 amide bonds. The highest BCUT2D eigenvalue weighted by atomic mass is 35.5. The Balaban J connectivity index is 1.27. The summed E-state index contributed by atoms with van der Waals surface area (Å²) in [6.07, 6.45) is 9.13. The van der Waals surface area contributed by atoms with E-state index in [2.05, 4.69) is 17.6 Å². The monoisotopic (exact) mass is 360 g/mol. The minimum absolute atomic E-state index is 0.0165. The average Bonchev–Trinajstić information content (AvgIpc) is 2.55. The smallest absolute Gasteiger partial charge is 0.315 e. The van der Waals surface area contributed by atoms with Gasteiger partial charge in [-0.05, 0) is 92.7 Å². The van der Waals surface area contributed by atoms with Crippen LogP contribution in [0.5, 0.6) is 0 Å². The maximum absolute atomic E-state index is 12.3. The van der Waals surface area contributed by atoms with E-state index in [1.54, 1.807) is 0 Å². The van der Waals surface area contributed by atoms with Gasteiger partial charge in [0, 0.05) is 17.6 Å². The van der Waals surface area contributed by atoms with E-state index < -0.39 is 0 Å². The second-order valence-electron chi connectivity index (χ2n) is 8.78. The highest BCUT2D eigenvalue weighted by Gasteiger charge is 2.53. The van der Waals surface area contributed by atoms with Crippen LogP contribution < -0.4 is 10.6 Å². The van der Waals surface area contributed by atoms with Crippen LogP contribution in [0.4, 0.5) is 4.79 Å². The van der Waals surface area contributed by atoms with Crippen molar-refractivity contribution in [3.05, 3.63) is 34.9 Å². The summed E-state index contributed by atoms with van der Waals surface area (Å²) in [6, 6.07) is 8.08. The van der Waals surface area contributed by atoms with Crippen LogP contribution in [0.2, 0.25) is 5.02 Å². The third kappa shape index (κ3) is 3.67. The fourth-order valence-corrected chi connectivity index (χ4v) is 6.21. The van der Waals surface area contributed by atoms with Crippen LogP contribution in [-0.4, -0.2) is 18.6 Å². The molecule has 0 saturated heterocycles. The van der Waals surface area contributed by atoms with Gasteiger partial charge in [-0.25, -0.2) is 4.79 Å². The van der Waals surface area contributed by atoms with E-state index in [0.717, 1.165) is 29.2 Å². The van der Waals surface area contributed by atoms with Crippen LogP contribution in [0.3, 0.4) is 0 Å². The lowest BCUT2D eigenvalue weighted by Gasteiger charge is -2.59. The topological polar surface area (TPSA) is 41.1 Å². The number of hydrogen-bond donors (Lipinski definition) is 2. The van der Waals surface area contributed by atoms with E-state index in [1.165, 1.54) is 44.1 Å². The van der Waals surface area contributed by atoms with Crippen molar-refractivity contribution in [2.24, 2.45) is 23.2 Å². The molecule has 1 unspecified atom stereocenters. The second-order valence-corrected chi connectivity index (χ2v) is 9.21. The first-order valence-corrected chi connectivity index (χ1v) is 10.2. The third-order valence-corrected chi connectivity index (χ3v) is 7.22. The number of benzene rings is 1. The normalized spacial score (nSPS) is 33.9. The van der Waals surface area contributed by atoms with Crippen molar-refractivity contribution in [3.8, 4) is 0 Å². The maximum Gasteiger partial charge on any atom is 0.315 e. The molecular weight excluding hydrogens is 332 g/mol. The van der Waals surface area contributed by atoms with E-state index in [1.807, 2.05) is 24.3 Å². The molecule has 4 fully saturated rings. The maximum atomic E-state index is 12.3. The van der Waals surface area contributed by atoms with Crippen LogP contribution in [0, 0.1) is 23.2 Å². The Bertz CT molecular complexity index is 592. The van der Waals surface area contributed by atoms with Gasteiger partial charge in [0.1, 0.15) is 0 Å². The molecule has 2 N–H and O–H groups in total. The molecule has 4 saturated carbocycles. The lowest BCUT2D eigenvalue weighted by molar-refractivity contribution is -0.0682. The van der Waals surface area contributed by atoms with E-state index >= 15 is 0 Å². The Morgan fingerprint density at radius 2 is 1.68 bits per heavy atom. The summed E-state index contributed by atoms with van der Waals surface area (Å²) in [5.74, 6) is 2.76. The molecule has 25 heavy (non-hydrogen) atoms. The summed E-state index contributed by atoms with van der Waals surface area (Å²) < 4.78 is 0. The minimum Gasteiger partial charge on any atom is -0.338 e. The largest absolute Gasteiger partial charge is 0.338 e. The Morgan fingerprint density at radius 1 is 1.12 bits per heavy atom. The zero-order chi connectivity index (χ0) is 17.4. The second kappa shape index (κ2) is 6.83. The van der Waals surface area contributed by atoms with E-state index in [0.29, 0.717) is 12.0 Å². The molecule has 4 aliphatic rings. The van der Waals surface area contributed by atoms with Crippen molar-refractivity contribution >= 4 is 17.6 Å². The van der Waals surface area contributed by atoms with Gasteiger partial charge in [-0.1, -0.05) is 23.7 Å². The van der Waals surface area contributed by atoms with Gasteiger partial charge in [-0.2, -0.15) is 0 Å². The van der Waals surface area contributed by atoms with Crippen molar-refractivity contribution in [1.82, 2.24) is 10.6 Å². The Labute approximate surface area is 155 Å². The Kier molecular flexibility index (Phi) is 4.70. The summed E-state index contributed by atoms with van der Waals surface area (Å²) in [7, 11) is 0. The molecule has 5 rings (SSSR count). The molecule has 136 valence electrons. The molecule has 0 aliphatic heterocycles. The Morgan fingerprint density at radius 3 is 2.24 bits per heavy atom. The summed E-state index contributed by atoms with van der Waals surface area (Å²) in [4.78, 5) is 12.3. The fraction of sp³-hybridized carbons (Fsp3) is 0.667. The molecule has 1 aromatic rings. The first kappa shape index (κ1) is 17.2. The van der Waals surface area contributed by atoms with Gasteiger partial charge in [0.15, 0.2) is 0 Å². The van der Waals surface area contributed by atoms with Crippen molar-refractivity contribution < 1.29 is 4.79 Å². The summed E-state index contributed by atoms with van der Waals surface area (Å²) in [5, 5.41) is 7.04. The number of rotatable bonds is 5. The number of amides is 2. The van der Waals surface area contributed by atoms with Gasteiger partial charge < -0.3 is 10.6 Å². The van der Waals surface area contributed by atoms with Crippen LogP contribution in [0.1, 0.15) is 51.0 Å². The first-order chi connectivity index (χ1) is 12.0. The molecular formula is C21H29ClN2O. The molecule has 1 aromatic carbocycles. The minimum atomic E-state index is -0.0165. The van der Waals surface area contributed by atoms with Crippen molar-refractivity contribution in [1.29, 1.82) is 0 Å². The van der Waals surface area contributed by atoms with Gasteiger partial charge >= 0.3 is 6.03 Å². The molecule has 0 aromatic heterocycles. The van der Waals surface area contributed by atoms with E-state index in [-0.39, 0.29) is 12.1 Å². The predicted octanol–water partition coefficient (Wildman–Crippen LogP) is 4.79. The SMILES string of the molecule is CC(NC(=O)NCCc1ccc(Cl)cc1)C12CC3CC(CC(C3)C1)C2. The van der Waals surface area contributed by atoms with E-state index in [9.17, 15) is 4.79 Å². The zero-order valence-electron chi connectivity index (χ0n) is 15.1. The van der Waals surface area contributed by atoms with Gasteiger partial charge in [0.2, 0.25) is 0 Å². The van der Waals surface area contributed by atoms with Gasteiger partial charge in [0.25, 0.3) is 0 Å². The standard InChI is InChI=1S/C21H29ClN2O/c1-14(21-11-16-8-17(12-21)10-18(9-16)13-21)24-20(25)23-7-6-15-2-4-19(22)5-3-15/h2-5,14,16-18H,6-13H2,1H3,(H2,23,24,25). The summed E-state index contributed by atoms with van der Waals surface area (Å²) in [5.41, 5.74) is 1.56. The van der Waals surface area contributed by atoms with Crippen LogP contribution in [0.25, 0.3) is 0 Å². The van der Waals surface area contributed by atoms with E-state index in [4.69, 9.17) is 11.6 Å². The van der Waals surface area contributed by atoms with Crippen LogP contribution in [0.15, 0.2) is 24.3 Å². The predicted molar refractivity (Wildman–Crippen MR) is 102 cm³/mol. The molecule has 0 heterocycles. The Hall–Kier alpha value is -1.22. The highest BCUT2D eigenvalue weighted by molar-refractivity contribution is 6.30. The number of hydrogen-bond acceptors (Lipinski definition) is 1. The number of carbonyl (C=O) groups excluding carboxylic acids is 1. The molecule has 0 radical (unpaired) electrons.